The summed E-state index contributed by atoms with van der Waals surface area (Å²) in [6, 6.07) is 17.9. The zero-order valence-corrected chi connectivity index (χ0v) is 30.9. The molecule has 0 spiro atoms. The van der Waals surface area contributed by atoms with Gasteiger partial charge < -0.3 is 46.2 Å². The van der Waals surface area contributed by atoms with Crippen LogP contribution in [0, 0.1) is 13.8 Å². The first-order valence-corrected chi connectivity index (χ1v) is 18.3. The lowest BCUT2D eigenvalue weighted by Gasteiger charge is -2.34. The highest BCUT2D eigenvalue weighted by molar-refractivity contribution is 6.58. The number of aryl methyl sites for hydroxylation is 2. The Morgan fingerprint density at radius 1 is 0.679 bits per heavy atom. The molecule has 14 heteroatoms. The van der Waals surface area contributed by atoms with Crippen LogP contribution in [0.25, 0.3) is 22.5 Å². The maximum Gasteiger partial charge on any atom is 0.737 e. The number of hydrogen-bond donors (Lipinski definition) is 0. The number of ether oxygens (including phenoxy) is 5. The second kappa shape index (κ2) is 16.3. The Morgan fingerprint density at radius 2 is 1.21 bits per heavy atom. The zero-order valence-electron chi connectivity index (χ0n) is 30.9. The average Bonchev–Trinajstić information content (AvgIpc) is 3.84. The number of hydrogen-bond acceptors (Lipinski definition) is 8. The molecule has 5 heterocycles. The van der Waals surface area contributed by atoms with E-state index in [4.69, 9.17) is 23.7 Å². The van der Waals surface area contributed by atoms with Gasteiger partial charge in [0.05, 0.1) is 83.5 Å². The first-order chi connectivity index (χ1) is 25.7. The van der Waals surface area contributed by atoms with Gasteiger partial charge in [-0.15, -0.1) is 5.10 Å². The summed E-state index contributed by atoms with van der Waals surface area (Å²) in [6.45, 7) is 10.00. The molecular weight excluding hydrogens is 681 g/mol. The largest absolute Gasteiger partial charge is 0.737 e. The molecule has 3 aliphatic rings. The van der Waals surface area contributed by atoms with E-state index in [1.54, 1.807) is 18.5 Å². The van der Waals surface area contributed by atoms with Crippen molar-refractivity contribution in [2.75, 3.05) is 84.1 Å². The molecule has 11 nitrogen and oxygen atoms in total. The second-order valence-electron chi connectivity index (χ2n) is 13.5. The molecular formula is C39H47BF2N6O5. The summed E-state index contributed by atoms with van der Waals surface area (Å²) in [6.07, 6.45) is 3.74. The van der Waals surface area contributed by atoms with E-state index in [9.17, 15) is 0 Å². The molecule has 3 aliphatic heterocycles. The summed E-state index contributed by atoms with van der Waals surface area (Å²) in [5, 5.41) is 8.89. The Labute approximate surface area is 309 Å². The minimum Gasteiger partial charge on any atom is -0.393 e. The number of aromatic nitrogens is 4. The van der Waals surface area contributed by atoms with E-state index in [-0.39, 0.29) is 0 Å². The van der Waals surface area contributed by atoms with Crippen molar-refractivity contribution in [3.05, 3.63) is 101 Å². The summed E-state index contributed by atoms with van der Waals surface area (Å²) in [5.74, 6) is 0. The molecule has 1 saturated heterocycles. The van der Waals surface area contributed by atoms with Crippen molar-refractivity contribution in [2.24, 2.45) is 0 Å². The van der Waals surface area contributed by atoms with Gasteiger partial charge in [0.1, 0.15) is 11.4 Å². The van der Waals surface area contributed by atoms with Gasteiger partial charge >= 0.3 is 6.97 Å². The van der Waals surface area contributed by atoms with Gasteiger partial charge in [-0.05, 0) is 67.9 Å². The zero-order chi connectivity index (χ0) is 37.0. The van der Waals surface area contributed by atoms with E-state index in [2.05, 4.69) is 27.3 Å². The molecule has 0 bridgehead atoms. The van der Waals surface area contributed by atoms with Gasteiger partial charge in [0.25, 0.3) is 0 Å². The van der Waals surface area contributed by atoms with Gasteiger partial charge in [-0.2, -0.15) is 0 Å². The number of allylic oxidation sites excluding steroid dienone is 2. The fourth-order valence-corrected chi connectivity index (χ4v) is 7.42. The minimum absolute atomic E-state index is 0.519. The highest BCUT2D eigenvalue weighted by Crippen LogP contribution is 2.44. The summed E-state index contributed by atoms with van der Waals surface area (Å²) < 4.78 is 64.6. The fraction of sp³-hybridized carbons (Fsp3) is 0.410. The molecule has 280 valence electrons. The Balaban J connectivity index is 1.06. The molecule has 7 rings (SSSR count). The predicted octanol–water partition coefficient (Wildman–Crippen LogP) is 5.68. The highest BCUT2D eigenvalue weighted by atomic mass is 19.2. The number of rotatable bonds is 4. The lowest BCUT2D eigenvalue weighted by molar-refractivity contribution is -0.363. The molecule has 0 amide bonds. The van der Waals surface area contributed by atoms with Crippen molar-refractivity contribution < 1.29 is 36.8 Å². The van der Waals surface area contributed by atoms with E-state index in [1.165, 1.54) is 8.96 Å². The van der Waals surface area contributed by atoms with Crippen LogP contribution in [0.2, 0.25) is 0 Å². The lowest BCUT2D eigenvalue weighted by Crippen LogP contribution is -2.51. The normalized spacial score (nSPS) is 19.4. The van der Waals surface area contributed by atoms with Gasteiger partial charge in [0.2, 0.25) is 0 Å². The van der Waals surface area contributed by atoms with Gasteiger partial charge in [0.15, 0.2) is 5.70 Å². The molecule has 4 aromatic rings. The number of fused-ring (bicyclic) bond motifs is 2. The van der Waals surface area contributed by atoms with Crippen LogP contribution in [0.4, 0.5) is 14.3 Å². The first kappa shape index (κ1) is 36.9. The maximum absolute atomic E-state index is 16.1. The molecule has 0 atom stereocenters. The number of anilines is 1. The van der Waals surface area contributed by atoms with Crippen LogP contribution in [0.15, 0.2) is 78.1 Å². The van der Waals surface area contributed by atoms with E-state index >= 15 is 8.63 Å². The molecule has 0 unspecified atom stereocenters. The lowest BCUT2D eigenvalue weighted by atomic mass is 9.84. The third kappa shape index (κ3) is 7.78. The summed E-state index contributed by atoms with van der Waals surface area (Å²) in [5.41, 5.74) is 9.06. The summed E-state index contributed by atoms with van der Waals surface area (Å²) in [7, 11) is 0. The SMILES string of the molecule is CC1=CC(C)=[N+]2C1=C(c1ccc(-n3cc(-c4ccc(N5CCOCCOCCOCCOCCOCC5)cc4)nn3)cc1)c1c(C)cc(C)n1[B-]2(F)F. The van der Waals surface area contributed by atoms with Crippen LogP contribution in [0.5, 0.6) is 0 Å². The van der Waals surface area contributed by atoms with E-state index < -0.39 is 6.97 Å². The molecule has 0 saturated carbocycles. The van der Waals surface area contributed by atoms with Gasteiger partial charge in [-0.1, -0.05) is 29.5 Å². The van der Waals surface area contributed by atoms with Crippen LogP contribution >= 0.6 is 0 Å². The average molecular weight is 729 g/mol. The van der Waals surface area contributed by atoms with Crippen LogP contribution in [0.1, 0.15) is 36.4 Å². The molecule has 0 N–H and O–H groups in total. The monoisotopic (exact) mass is 728 g/mol. The van der Waals surface area contributed by atoms with Crippen molar-refractivity contribution >= 4 is 23.9 Å². The van der Waals surface area contributed by atoms with Crippen LogP contribution < -0.4 is 4.90 Å². The van der Waals surface area contributed by atoms with Crippen molar-refractivity contribution in [3.8, 4) is 16.9 Å². The van der Waals surface area contributed by atoms with Crippen LogP contribution in [-0.2, 0) is 23.7 Å². The Kier molecular flexibility index (Phi) is 11.3. The van der Waals surface area contributed by atoms with Crippen molar-refractivity contribution in [3.63, 3.8) is 0 Å². The molecule has 53 heavy (non-hydrogen) atoms. The van der Waals surface area contributed by atoms with Gasteiger partial charge in [-0.25, -0.2) is 4.68 Å². The molecule has 2 aromatic heterocycles. The summed E-state index contributed by atoms with van der Waals surface area (Å²) in [4.78, 5) is 2.24. The van der Waals surface area contributed by atoms with Gasteiger partial charge in [0, 0.05) is 48.6 Å². The molecule has 0 aliphatic carbocycles. The molecule has 0 radical (unpaired) electrons. The second-order valence-corrected chi connectivity index (χ2v) is 13.5. The fourth-order valence-electron chi connectivity index (χ4n) is 7.42. The van der Waals surface area contributed by atoms with Crippen molar-refractivity contribution in [1.29, 1.82) is 0 Å². The Hall–Kier alpha value is -4.47. The Morgan fingerprint density at radius 3 is 1.79 bits per heavy atom. The predicted molar refractivity (Wildman–Crippen MR) is 201 cm³/mol. The maximum atomic E-state index is 16.1. The standard InChI is InChI=1S/C39H47BF2N6O5/c1-28-25-30(3)47-38(28)37(39-29(2)26-31(4)48(39)40(47,41)42)33-7-11-35(12-8-33)46-27-36(43-44-46)32-5-9-34(10-6-32)45-13-15-49-17-19-51-21-23-53-24-22-52-20-18-50-16-14-45/h5-12,25-27H,13-24H2,1-4H3. The van der Waals surface area contributed by atoms with Gasteiger partial charge in [-0.3, -0.25) is 0 Å². The van der Waals surface area contributed by atoms with Crippen LogP contribution in [-0.4, -0.2) is 116 Å². The molecule has 2 aromatic carbocycles. The summed E-state index contributed by atoms with van der Waals surface area (Å²) >= 11 is 0. The molecule has 1 fully saturated rings. The van der Waals surface area contributed by atoms with E-state index in [0.717, 1.165) is 44.9 Å². The van der Waals surface area contributed by atoms with Crippen molar-refractivity contribution in [2.45, 2.75) is 27.7 Å². The number of nitrogens with zero attached hydrogens (tertiary/aromatic N) is 6. The third-order valence-electron chi connectivity index (χ3n) is 9.88. The van der Waals surface area contributed by atoms with Crippen molar-refractivity contribution in [1.82, 2.24) is 19.5 Å². The third-order valence-corrected chi connectivity index (χ3v) is 9.88. The Bertz CT molecular complexity index is 1990. The first-order valence-electron chi connectivity index (χ1n) is 18.3. The number of halogens is 2. The van der Waals surface area contributed by atoms with E-state index in [0.29, 0.717) is 102 Å². The highest BCUT2D eigenvalue weighted by Gasteiger charge is 2.55. The van der Waals surface area contributed by atoms with Crippen LogP contribution in [0.3, 0.4) is 0 Å². The van der Waals surface area contributed by atoms with E-state index in [1.807, 2.05) is 68.6 Å². The smallest absolute Gasteiger partial charge is 0.393 e. The number of benzene rings is 2. The topological polar surface area (TPSA) is 88.0 Å². The minimum atomic E-state index is -4.03. The quantitative estimate of drug-likeness (QED) is 0.248.